The number of hydrogen-bond acceptors (Lipinski definition) is 4. The Morgan fingerprint density at radius 2 is 1.85 bits per heavy atom. The summed E-state index contributed by atoms with van der Waals surface area (Å²) in [4.78, 5) is 12.1. The van der Waals surface area contributed by atoms with Gasteiger partial charge in [-0.3, -0.25) is 4.79 Å². The lowest BCUT2D eigenvalue weighted by atomic mass is 9.60. The predicted molar refractivity (Wildman–Crippen MR) is 103 cm³/mol. The van der Waals surface area contributed by atoms with Crippen molar-refractivity contribution in [3.8, 4) is 11.5 Å². The number of ether oxygens (including phenoxy) is 3. The van der Waals surface area contributed by atoms with E-state index < -0.39 is 0 Å². The van der Waals surface area contributed by atoms with E-state index in [0.717, 1.165) is 54.0 Å². The van der Waals surface area contributed by atoms with Gasteiger partial charge in [0, 0.05) is 36.5 Å². The van der Waals surface area contributed by atoms with E-state index in [0.29, 0.717) is 12.5 Å². The summed E-state index contributed by atoms with van der Waals surface area (Å²) in [5.41, 5.74) is 3.64. The van der Waals surface area contributed by atoms with Gasteiger partial charge in [-0.25, -0.2) is 0 Å². The number of carbonyl (C=O) groups is 1. The van der Waals surface area contributed by atoms with E-state index in [9.17, 15) is 4.79 Å². The molecule has 4 rings (SSSR count). The van der Waals surface area contributed by atoms with Crippen molar-refractivity contribution in [3.05, 3.63) is 34.6 Å². The highest BCUT2D eigenvalue weighted by atomic mass is 16.5. The maximum atomic E-state index is 12.1. The number of ketones is 1. The van der Waals surface area contributed by atoms with Crippen molar-refractivity contribution in [1.29, 1.82) is 0 Å². The molecule has 0 bridgehead atoms. The third-order valence-corrected chi connectivity index (χ3v) is 7.03. The number of fused-ring (bicyclic) bond motifs is 1. The fourth-order valence-corrected chi connectivity index (χ4v) is 5.61. The highest BCUT2D eigenvalue weighted by molar-refractivity contribution is 5.92. The molecule has 0 saturated heterocycles. The summed E-state index contributed by atoms with van der Waals surface area (Å²) in [6, 6.07) is 2.59. The van der Waals surface area contributed by atoms with Gasteiger partial charge >= 0.3 is 0 Å². The summed E-state index contributed by atoms with van der Waals surface area (Å²) < 4.78 is 18.4. The second-order valence-corrected chi connectivity index (χ2v) is 8.63. The molecule has 0 radical (unpaired) electrons. The topological polar surface area (TPSA) is 44.8 Å². The van der Waals surface area contributed by atoms with Crippen molar-refractivity contribution < 1.29 is 23.5 Å². The number of rotatable bonds is 3. The Morgan fingerprint density at radius 3 is 2.52 bits per heavy atom. The van der Waals surface area contributed by atoms with Crippen LogP contribution in [-0.4, -0.2) is 52.2 Å². The maximum Gasteiger partial charge on any atom is 0.165 e. The zero-order valence-electron chi connectivity index (χ0n) is 17.1. The number of benzene rings is 1. The summed E-state index contributed by atoms with van der Waals surface area (Å²) in [5, 5.41) is 0. The first-order chi connectivity index (χ1) is 12.9. The van der Waals surface area contributed by atoms with E-state index in [1.54, 1.807) is 27.4 Å². The number of carbonyl (C=O) groups excluding carboxylic acids is 1. The molecule has 3 aliphatic rings. The third-order valence-electron chi connectivity index (χ3n) is 7.03. The number of allylic oxidation sites excluding steroid dienone is 2. The van der Waals surface area contributed by atoms with Gasteiger partial charge in [0.2, 0.25) is 0 Å². The van der Waals surface area contributed by atoms with Gasteiger partial charge in [-0.2, -0.15) is 0 Å². The lowest BCUT2D eigenvalue weighted by molar-refractivity contribution is -0.924. The minimum absolute atomic E-state index is 0.145. The van der Waals surface area contributed by atoms with Crippen LogP contribution in [0.1, 0.15) is 48.4 Å². The Balaban J connectivity index is 2.06. The molecule has 2 atom stereocenters. The molecule has 1 spiro atoms. The largest absolute Gasteiger partial charge is 0.500 e. The van der Waals surface area contributed by atoms with Gasteiger partial charge in [0.1, 0.15) is 11.8 Å². The average Bonchev–Trinajstić information content (AvgIpc) is 2.66. The van der Waals surface area contributed by atoms with Crippen molar-refractivity contribution in [1.82, 2.24) is 0 Å². The number of likely N-dealkylation sites (N-methyl/N-ethyl adjacent to an activating group) is 1. The van der Waals surface area contributed by atoms with E-state index in [1.807, 2.05) is 0 Å². The summed E-state index contributed by atoms with van der Waals surface area (Å²) in [6.45, 7) is 1.12. The molecule has 0 N–H and O–H groups in total. The molecule has 2 aliphatic carbocycles. The first kappa shape index (κ1) is 18.4. The number of quaternary nitrogens is 1. The molecule has 1 aliphatic heterocycles. The fraction of sp³-hybridized carbons (Fsp3) is 0.591. The highest BCUT2D eigenvalue weighted by Gasteiger charge is 2.53. The second-order valence-electron chi connectivity index (χ2n) is 8.63. The molecule has 0 aromatic heterocycles. The molecular formula is C22H30NO4+. The second kappa shape index (κ2) is 6.26. The van der Waals surface area contributed by atoms with E-state index in [4.69, 9.17) is 14.2 Å². The zero-order valence-corrected chi connectivity index (χ0v) is 17.1. The van der Waals surface area contributed by atoms with E-state index >= 15 is 0 Å². The minimum Gasteiger partial charge on any atom is -0.500 e. The zero-order chi connectivity index (χ0) is 19.4. The van der Waals surface area contributed by atoms with Gasteiger partial charge in [-0.15, -0.1) is 0 Å². The Bertz CT molecular complexity index is 826. The van der Waals surface area contributed by atoms with Gasteiger partial charge in [-0.1, -0.05) is 0 Å². The van der Waals surface area contributed by atoms with Crippen LogP contribution in [0.15, 0.2) is 17.9 Å². The van der Waals surface area contributed by atoms with Crippen LogP contribution in [0.3, 0.4) is 0 Å². The molecule has 5 nitrogen and oxygen atoms in total. The first-order valence-electron chi connectivity index (χ1n) is 9.78. The SMILES string of the molecule is COC1=CC(=O)CCC12CCC1c3c(cc(OC)c(OC)c32)CC[N+]1(C)C. The Labute approximate surface area is 161 Å². The highest BCUT2D eigenvalue weighted by Crippen LogP contribution is 2.59. The van der Waals surface area contributed by atoms with E-state index in [1.165, 1.54) is 16.7 Å². The van der Waals surface area contributed by atoms with Gasteiger partial charge < -0.3 is 18.7 Å². The number of methoxy groups -OCH3 is 3. The monoisotopic (exact) mass is 372 g/mol. The van der Waals surface area contributed by atoms with Crippen LogP contribution in [0.25, 0.3) is 0 Å². The summed E-state index contributed by atoms with van der Waals surface area (Å²) in [5.74, 6) is 2.51. The van der Waals surface area contributed by atoms with Crippen molar-refractivity contribution in [2.45, 2.75) is 43.6 Å². The predicted octanol–water partition coefficient (Wildman–Crippen LogP) is 3.30. The average molecular weight is 372 g/mol. The molecule has 0 amide bonds. The van der Waals surface area contributed by atoms with Gasteiger partial charge in [0.05, 0.1) is 47.4 Å². The molecule has 1 heterocycles. The van der Waals surface area contributed by atoms with Crippen molar-refractivity contribution in [2.75, 3.05) is 42.0 Å². The van der Waals surface area contributed by atoms with Crippen LogP contribution >= 0.6 is 0 Å². The van der Waals surface area contributed by atoms with Gasteiger partial charge in [0.15, 0.2) is 17.3 Å². The molecular weight excluding hydrogens is 342 g/mol. The molecule has 1 aromatic carbocycles. The lowest BCUT2D eigenvalue weighted by Gasteiger charge is -2.51. The third kappa shape index (κ3) is 2.51. The van der Waals surface area contributed by atoms with Crippen LogP contribution in [0.4, 0.5) is 0 Å². The van der Waals surface area contributed by atoms with E-state index in [-0.39, 0.29) is 11.2 Å². The summed E-state index contributed by atoms with van der Waals surface area (Å²) >= 11 is 0. The number of hydrogen-bond donors (Lipinski definition) is 0. The number of nitrogens with zero attached hydrogens (tertiary/aromatic N) is 1. The summed E-state index contributed by atoms with van der Waals surface area (Å²) in [7, 11) is 9.74. The molecule has 146 valence electrons. The van der Waals surface area contributed by atoms with Crippen LogP contribution in [0.2, 0.25) is 0 Å². The Kier molecular flexibility index (Phi) is 4.26. The molecule has 5 heteroatoms. The molecule has 2 unspecified atom stereocenters. The minimum atomic E-state index is -0.305. The van der Waals surface area contributed by atoms with Crippen molar-refractivity contribution >= 4 is 5.78 Å². The van der Waals surface area contributed by atoms with Crippen molar-refractivity contribution in [3.63, 3.8) is 0 Å². The molecule has 1 aromatic rings. The Morgan fingerprint density at radius 1 is 1.07 bits per heavy atom. The standard InChI is InChI=1S/C22H30NO4/c1-23(2)11-8-14-12-17(25-3)21(27-5)20-19(14)16(23)7-10-22(20)9-6-15(24)13-18(22)26-4/h12-13,16H,6-11H2,1-5H3/q+1. The van der Waals surface area contributed by atoms with E-state index in [2.05, 4.69) is 20.2 Å². The van der Waals surface area contributed by atoms with Crippen molar-refractivity contribution in [2.24, 2.45) is 0 Å². The molecule has 0 fully saturated rings. The fourth-order valence-electron chi connectivity index (χ4n) is 5.61. The molecule has 0 saturated carbocycles. The summed E-state index contributed by atoms with van der Waals surface area (Å²) in [6.07, 6.45) is 6.08. The van der Waals surface area contributed by atoms with Crippen LogP contribution < -0.4 is 9.47 Å². The Hall–Kier alpha value is -2.01. The van der Waals surface area contributed by atoms with Crippen LogP contribution in [0, 0.1) is 0 Å². The molecule has 27 heavy (non-hydrogen) atoms. The normalized spacial score (nSPS) is 28.4. The van der Waals surface area contributed by atoms with Gasteiger partial charge in [0.25, 0.3) is 0 Å². The quantitative estimate of drug-likeness (QED) is 0.764. The van der Waals surface area contributed by atoms with Crippen LogP contribution in [0.5, 0.6) is 11.5 Å². The lowest BCUT2D eigenvalue weighted by Crippen LogP contribution is -2.52. The maximum absolute atomic E-state index is 12.1. The first-order valence-corrected chi connectivity index (χ1v) is 9.78. The smallest absolute Gasteiger partial charge is 0.165 e. The van der Waals surface area contributed by atoms with Gasteiger partial charge in [-0.05, 0) is 24.5 Å². The van der Waals surface area contributed by atoms with Crippen LogP contribution in [-0.2, 0) is 21.4 Å².